The summed E-state index contributed by atoms with van der Waals surface area (Å²) in [5, 5.41) is 10.8. The van der Waals surface area contributed by atoms with E-state index < -0.39 is 12.0 Å². The van der Waals surface area contributed by atoms with Gasteiger partial charge in [0.2, 0.25) is 6.41 Å². The highest BCUT2D eigenvalue weighted by molar-refractivity contribution is 5.77. The maximum absolute atomic E-state index is 10.9. The van der Waals surface area contributed by atoms with Crippen LogP contribution >= 0.6 is 0 Å². The van der Waals surface area contributed by atoms with Gasteiger partial charge in [0.05, 0.1) is 7.11 Å². The highest BCUT2D eigenvalue weighted by Crippen LogP contribution is 1.97. The number of amides is 1. The lowest BCUT2D eigenvalue weighted by atomic mass is 10.1. The predicted molar refractivity (Wildman–Crippen MR) is 41.3 cm³/mol. The quantitative estimate of drug-likeness (QED) is 0.403. The zero-order valence-corrected chi connectivity index (χ0v) is 6.95. The summed E-state index contributed by atoms with van der Waals surface area (Å²) in [5.41, 5.74) is 0. The van der Waals surface area contributed by atoms with Crippen LogP contribution in [0.2, 0.25) is 0 Å². The van der Waals surface area contributed by atoms with Gasteiger partial charge in [-0.3, -0.25) is 4.79 Å². The molecule has 0 aromatic rings. The van der Waals surface area contributed by atoms with E-state index in [0.717, 1.165) is 0 Å². The van der Waals surface area contributed by atoms with Crippen molar-refractivity contribution in [2.45, 2.75) is 18.9 Å². The van der Waals surface area contributed by atoms with Gasteiger partial charge in [-0.1, -0.05) is 0 Å². The fourth-order valence-corrected chi connectivity index (χ4v) is 0.789. The number of esters is 1. The Balaban J connectivity index is 3.84. The highest BCUT2D eigenvalue weighted by atomic mass is 16.5. The molecule has 0 rings (SSSR count). The predicted octanol–water partition coefficient (Wildman–Crippen LogP) is -0.954. The largest absolute Gasteiger partial charge is 0.467 e. The number of hydrogen-bond donors (Lipinski definition) is 2. The minimum atomic E-state index is -0.639. The molecule has 0 bridgehead atoms. The zero-order valence-electron chi connectivity index (χ0n) is 6.95. The third-order valence-corrected chi connectivity index (χ3v) is 1.41. The number of rotatable bonds is 6. The number of carbonyl (C=O) groups excluding carboxylic acids is 2. The minimum Gasteiger partial charge on any atom is -0.467 e. The van der Waals surface area contributed by atoms with Crippen LogP contribution in [0.5, 0.6) is 0 Å². The SMILES string of the molecule is COC(=O)C(CCCO)NC=O. The summed E-state index contributed by atoms with van der Waals surface area (Å²) in [7, 11) is 1.25. The van der Waals surface area contributed by atoms with Crippen molar-refractivity contribution in [2.75, 3.05) is 13.7 Å². The first-order chi connectivity index (χ1) is 5.76. The summed E-state index contributed by atoms with van der Waals surface area (Å²) in [4.78, 5) is 20.9. The van der Waals surface area contributed by atoms with Crippen LogP contribution in [0.1, 0.15) is 12.8 Å². The fourth-order valence-electron chi connectivity index (χ4n) is 0.789. The first-order valence-electron chi connectivity index (χ1n) is 3.64. The molecule has 0 aliphatic rings. The Morgan fingerprint density at radius 1 is 1.75 bits per heavy atom. The topological polar surface area (TPSA) is 75.6 Å². The molecule has 1 atom stereocenters. The molecular formula is C7H13NO4. The first kappa shape index (κ1) is 10.9. The van der Waals surface area contributed by atoms with Gasteiger partial charge in [0, 0.05) is 6.61 Å². The van der Waals surface area contributed by atoms with E-state index in [1.807, 2.05) is 0 Å². The fraction of sp³-hybridized carbons (Fsp3) is 0.714. The van der Waals surface area contributed by atoms with E-state index in [9.17, 15) is 9.59 Å². The average molecular weight is 175 g/mol. The van der Waals surface area contributed by atoms with Crippen LogP contribution in [0.3, 0.4) is 0 Å². The van der Waals surface area contributed by atoms with Crippen molar-refractivity contribution >= 4 is 12.4 Å². The lowest BCUT2D eigenvalue weighted by molar-refractivity contribution is -0.144. The van der Waals surface area contributed by atoms with Crippen molar-refractivity contribution in [2.24, 2.45) is 0 Å². The van der Waals surface area contributed by atoms with E-state index in [4.69, 9.17) is 5.11 Å². The van der Waals surface area contributed by atoms with Crippen LogP contribution in [0.25, 0.3) is 0 Å². The van der Waals surface area contributed by atoms with Gasteiger partial charge in [-0.05, 0) is 12.8 Å². The van der Waals surface area contributed by atoms with Gasteiger partial charge in [-0.25, -0.2) is 4.79 Å². The molecule has 0 saturated heterocycles. The maximum Gasteiger partial charge on any atom is 0.328 e. The summed E-state index contributed by atoms with van der Waals surface area (Å²) >= 11 is 0. The molecule has 0 aliphatic heterocycles. The molecule has 0 radical (unpaired) electrons. The lowest BCUT2D eigenvalue weighted by Crippen LogP contribution is -2.36. The van der Waals surface area contributed by atoms with E-state index in [-0.39, 0.29) is 6.61 Å². The van der Waals surface area contributed by atoms with Crippen LogP contribution in [-0.2, 0) is 14.3 Å². The summed E-state index contributed by atoms with van der Waals surface area (Å²) in [6.07, 6.45) is 1.29. The van der Waals surface area contributed by atoms with Gasteiger partial charge >= 0.3 is 5.97 Å². The Kier molecular flexibility index (Phi) is 6.00. The standard InChI is InChI=1S/C7H13NO4/c1-12-7(11)6(8-5-10)3-2-4-9/h5-6,9H,2-4H2,1H3,(H,8,10). The Morgan fingerprint density at radius 2 is 2.42 bits per heavy atom. The second-order valence-corrected chi connectivity index (χ2v) is 2.23. The zero-order chi connectivity index (χ0) is 9.40. The van der Waals surface area contributed by atoms with Crippen molar-refractivity contribution in [1.29, 1.82) is 0 Å². The van der Waals surface area contributed by atoms with E-state index in [1.165, 1.54) is 7.11 Å². The molecule has 2 N–H and O–H groups in total. The smallest absolute Gasteiger partial charge is 0.328 e. The van der Waals surface area contributed by atoms with Gasteiger partial charge in [0.1, 0.15) is 6.04 Å². The number of carbonyl (C=O) groups is 2. The molecule has 0 aromatic carbocycles. The van der Waals surface area contributed by atoms with E-state index in [0.29, 0.717) is 19.3 Å². The summed E-state index contributed by atoms with van der Waals surface area (Å²) in [5.74, 6) is -0.490. The normalized spacial score (nSPS) is 11.8. The molecule has 0 aliphatic carbocycles. The van der Waals surface area contributed by atoms with E-state index in [1.54, 1.807) is 0 Å². The van der Waals surface area contributed by atoms with Gasteiger partial charge < -0.3 is 15.2 Å². The maximum atomic E-state index is 10.9. The minimum absolute atomic E-state index is 0.00592. The van der Waals surface area contributed by atoms with E-state index in [2.05, 4.69) is 10.1 Å². The van der Waals surface area contributed by atoms with Crippen molar-refractivity contribution in [3.8, 4) is 0 Å². The molecule has 0 saturated carbocycles. The van der Waals surface area contributed by atoms with Crippen LogP contribution in [-0.4, -0.2) is 37.2 Å². The summed E-state index contributed by atoms with van der Waals surface area (Å²) in [6, 6.07) is -0.639. The molecule has 1 unspecified atom stereocenters. The van der Waals surface area contributed by atoms with E-state index >= 15 is 0 Å². The van der Waals surface area contributed by atoms with Crippen molar-refractivity contribution < 1.29 is 19.4 Å². The Bertz CT molecular complexity index is 148. The number of aliphatic hydroxyl groups is 1. The molecule has 5 heteroatoms. The summed E-state index contributed by atoms with van der Waals surface area (Å²) < 4.78 is 4.42. The third kappa shape index (κ3) is 3.92. The van der Waals surface area contributed by atoms with Crippen LogP contribution in [0.4, 0.5) is 0 Å². The average Bonchev–Trinajstić information content (AvgIpc) is 2.11. The number of aliphatic hydroxyl groups excluding tert-OH is 1. The van der Waals surface area contributed by atoms with Gasteiger partial charge in [-0.15, -0.1) is 0 Å². The molecular weight excluding hydrogens is 162 g/mol. The molecule has 5 nitrogen and oxygen atoms in total. The molecule has 12 heavy (non-hydrogen) atoms. The van der Waals surface area contributed by atoms with Crippen LogP contribution in [0, 0.1) is 0 Å². The monoisotopic (exact) mass is 175 g/mol. The lowest BCUT2D eigenvalue weighted by Gasteiger charge is -2.11. The Morgan fingerprint density at radius 3 is 2.83 bits per heavy atom. The molecule has 1 amide bonds. The molecule has 0 spiro atoms. The van der Waals surface area contributed by atoms with Crippen molar-refractivity contribution in [1.82, 2.24) is 5.32 Å². The second-order valence-electron chi connectivity index (χ2n) is 2.23. The molecule has 0 aromatic heterocycles. The summed E-state index contributed by atoms with van der Waals surface area (Å²) in [6.45, 7) is -0.00592. The number of methoxy groups -OCH3 is 1. The Labute approximate surface area is 70.7 Å². The van der Waals surface area contributed by atoms with Crippen LogP contribution in [0.15, 0.2) is 0 Å². The van der Waals surface area contributed by atoms with Gasteiger partial charge in [0.25, 0.3) is 0 Å². The first-order valence-corrected chi connectivity index (χ1v) is 3.64. The number of hydrogen-bond acceptors (Lipinski definition) is 4. The van der Waals surface area contributed by atoms with Crippen molar-refractivity contribution in [3.63, 3.8) is 0 Å². The number of ether oxygens (including phenoxy) is 1. The third-order valence-electron chi connectivity index (χ3n) is 1.41. The molecule has 70 valence electrons. The van der Waals surface area contributed by atoms with Crippen molar-refractivity contribution in [3.05, 3.63) is 0 Å². The Hall–Kier alpha value is -1.10. The van der Waals surface area contributed by atoms with Gasteiger partial charge in [0.15, 0.2) is 0 Å². The van der Waals surface area contributed by atoms with Crippen LogP contribution < -0.4 is 5.32 Å². The van der Waals surface area contributed by atoms with Gasteiger partial charge in [-0.2, -0.15) is 0 Å². The number of nitrogens with one attached hydrogen (secondary N) is 1. The highest BCUT2D eigenvalue weighted by Gasteiger charge is 2.16. The second kappa shape index (κ2) is 6.60. The molecule has 0 heterocycles. The molecule has 0 fully saturated rings.